The Labute approximate surface area is 230 Å². The molecule has 2 rings (SSSR count). The Bertz CT molecular complexity index is 1080. The van der Waals surface area contributed by atoms with Crippen LogP contribution in [0.2, 0.25) is 5.02 Å². The molecule has 208 valence electrons. The first-order valence-electron chi connectivity index (χ1n) is 13.0. The van der Waals surface area contributed by atoms with Crippen LogP contribution in [0.5, 0.6) is 5.75 Å². The molecule has 0 aliphatic carbocycles. The average molecular weight is 546 g/mol. The summed E-state index contributed by atoms with van der Waals surface area (Å²) in [5.74, 6) is -0.854. The maximum atomic E-state index is 13.8. The smallest absolute Gasteiger partial charge is 0.408 e. The third kappa shape index (κ3) is 9.24. The molecule has 0 radical (unpaired) electrons. The quantitative estimate of drug-likeness (QED) is 0.285. The van der Waals surface area contributed by atoms with Crippen molar-refractivity contribution in [3.05, 3.63) is 58.6 Å². The normalized spacial score (nSPS) is 12.8. The van der Waals surface area contributed by atoms with Gasteiger partial charge in [0.05, 0.1) is 10.7 Å². The summed E-state index contributed by atoms with van der Waals surface area (Å²) in [6.07, 6.45) is 2.83. The van der Waals surface area contributed by atoms with Crippen LogP contribution < -0.4 is 10.6 Å². The fourth-order valence-corrected chi connectivity index (χ4v) is 4.25. The Kier molecular flexibility index (Phi) is 11.4. The Morgan fingerprint density at radius 3 is 2.29 bits per heavy atom. The second-order valence-corrected chi connectivity index (χ2v) is 10.8. The van der Waals surface area contributed by atoms with Gasteiger partial charge in [-0.05, 0) is 70.4 Å². The molecule has 3 N–H and O–H groups in total. The van der Waals surface area contributed by atoms with E-state index in [1.54, 1.807) is 52.0 Å². The zero-order valence-corrected chi connectivity index (χ0v) is 23.9. The van der Waals surface area contributed by atoms with Crippen molar-refractivity contribution < 1.29 is 24.2 Å². The highest BCUT2D eigenvalue weighted by molar-refractivity contribution is 6.34. The molecule has 0 aromatic heterocycles. The van der Waals surface area contributed by atoms with Crippen molar-refractivity contribution in [1.29, 1.82) is 0 Å². The fourth-order valence-electron chi connectivity index (χ4n) is 3.98. The van der Waals surface area contributed by atoms with Gasteiger partial charge >= 0.3 is 6.09 Å². The van der Waals surface area contributed by atoms with Crippen LogP contribution in [0, 0.1) is 6.92 Å². The summed E-state index contributed by atoms with van der Waals surface area (Å²) >= 11 is 6.38. The Morgan fingerprint density at radius 1 is 1.05 bits per heavy atom. The number of hydrogen-bond donors (Lipinski definition) is 3. The lowest BCUT2D eigenvalue weighted by atomic mass is 10.0. The lowest BCUT2D eigenvalue weighted by molar-refractivity contribution is -0.140. The SMILES string of the molecule is CCCCCCN(C(=O)C(C)NC(=O)OC(C)(C)C)C(C(=O)Nc1c(C)cccc1Cl)c1ccc(O)cc1. The molecule has 2 aromatic rings. The molecular weight excluding hydrogens is 506 g/mol. The van der Waals surface area contributed by atoms with E-state index in [9.17, 15) is 19.5 Å². The van der Waals surface area contributed by atoms with E-state index in [1.165, 1.54) is 17.0 Å². The number of carbonyl (C=O) groups excluding carboxylic acids is 3. The van der Waals surface area contributed by atoms with Crippen LogP contribution in [0.25, 0.3) is 0 Å². The van der Waals surface area contributed by atoms with E-state index in [0.29, 0.717) is 29.2 Å². The van der Waals surface area contributed by atoms with Crippen LogP contribution in [-0.4, -0.2) is 46.1 Å². The standard InChI is InChI=1S/C29H40ClN3O5/c1-7-8-9-10-18-33(27(36)20(3)31-28(37)38-29(4,5)6)25(21-14-16-22(34)17-15-21)26(35)32-24-19(2)12-11-13-23(24)30/h11-17,20,25,34H,7-10,18H2,1-6H3,(H,31,37)(H,32,35). The largest absolute Gasteiger partial charge is 0.508 e. The first-order valence-corrected chi connectivity index (χ1v) is 13.4. The summed E-state index contributed by atoms with van der Waals surface area (Å²) in [6.45, 7) is 11.0. The van der Waals surface area contributed by atoms with Crippen LogP contribution in [0.1, 0.15) is 77.5 Å². The van der Waals surface area contributed by atoms with E-state index < -0.39 is 35.6 Å². The predicted molar refractivity (Wildman–Crippen MR) is 150 cm³/mol. The molecule has 0 saturated carbocycles. The summed E-state index contributed by atoms with van der Waals surface area (Å²) < 4.78 is 5.32. The zero-order valence-electron chi connectivity index (χ0n) is 23.1. The molecule has 38 heavy (non-hydrogen) atoms. The molecular formula is C29H40ClN3O5. The molecule has 0 saturated heterocycles. The van der Waals surface area contributed by atoms with Crippen LogP contribution in [0.4, 0.5) is 10.5 Å². The number of alkyl carbamates (subject to hydrolysis) is 1. The van der Waals surface area contributed by atoms with Crippen molar-refractivity contribution in [1.82, 2.24) is 10.2 Å². The summed E-state index contributed by atoms with van der Waals surface area (Å²) in [6, 6.07) is 9.47. The molecule has 2 unspecified atom stereocenters. The number of ether oxygens (including phenoxy) is 1. The van der Waals surface area contributed by atoms with Gasteiger partial charge in [-0.3, -0.25) is 9.59 Å². The number of aromatic hydroxyl groups is 1. The third-order valence-electron chi connectivity index (χ3n) is 5.88. The maximum Gasteiger partial charge on any atom is 0.408 e. The van der Waals surface area contributed by atoms with Gasteiger partial charge in [0, 0.05) is 6.54 Å². The average Bonchev–Trinajstić information content (AvgIpc) is 2.82. The lowest BCUT2D eigenvalue weighted by Crippen LogP contribution is -2.51. The third-order valence-corrected chi connectivity index (χ3v) is 6.19. The van der Waals surface area contributed by atoms with Crippen LogP contribution in [-0.2, 0) is 14.3 Å². The highest BCUT2D eigenvalue weighted by atomic mass is 35.5. The number of benzene rings is 2. The van der Waals surface area contributed by atoms with Crippen molar-refractivity contribution in [2.45, 2.75) is 84.9 Å². The van der Waals surface area contributed by atoms with Crippen molar-refractivity contribution in [2.24, 2.45) is 0 Å². The zero-order chi connectivity index (χ0) is 28.5. The minimum atomic E-state index is -1.04. The first kappa shape index (κ1) is 31.0. The van der Waals surface area contributed by atoms with E-state index in [0.717, 1.165) is 24.8 Å². The maximum absolute atomic E-state index is 13.8. The van der Waals surface area contributed by atoms with Crippen molar-refractivity contribution in [2.75, 3.05) is 11.9 Å². The summed E-state index contributed by atoms with van der Waals surface area (Å²) in [5.41, 5.74) is 1.02. The highest BCUT2D eigenvalue weighted by Gasteiger charge is 2.35. The van der Waals surface area contributed by atoms with Gasteiger partial charge in [0.15, 0.2) is 0 Å². The Hall–Kier alpha value is -3.26. The van der Waals surface area contributed by atoms with Gasteiger partial charge in [-0.2, -0.15) is 0 Å². The van der Waals surface area contributed by atoms with Crippen LogP contribution >= 0.6 is 11.6 Å². The summed E-state index contributed by atoms with van der Waals surface area (Å²) in [5, 5.41) is 15.7. The number of phenols is 1. The molecule has 0 spiro atoms. The van der Waals surface area contributed by atoms with Crippen molar-refractivity contribution >= 4 is 35.2 Å². The van der Waals surface area contributed by atoms with E-state index in [-0.39, 0.29) is 5.75 Å². The Balaban J connectivity index is 2.46. The minimum absolute atomic E-state index is 0.0376. The van der Waals surface area contributed by atoms with Crippen LogP contribution in [0.3, 0.4) is 0 Å². The van der Waals surface area contributed by atoms with E-state index in [4.69, 9.17) is 16.3 Å². The number of nitrogens with one attached hydrogen (secondary N) is 2. The minimum Gasteiger partial charge on any atom is -0.508 e. The highest BCUT2D eigenvalue weighted by Crippen LogP contribution is 2.30. The number of halogens is 1. The van der Waals surface area contributed by atoms with Gasteiger partial charge in [-0.15, -0.1) is 0 Å². The second-order valence-electron chi connectivity index (χ2n) is 10.4. The monoisotopic (exact) mass is 545 g/mol. The first-order chi connectivity index (χ1) is 17.8. The number of amides is 3. The number of para-hydroxylation sites is 1. The molecule has 0 fully saturated rings. The molecule has 3 amide bonds. The van der Waals surface area contributed by atoms with Gasteiger partial charge in [-0.25, -0.2) is 4.79 Å². The molecule has 0 aliphatic rings. The number of unbranched alkanes of at least 4 members (excludes halogenated alkanes) is 3. The van der Waals surface area contributed by atoms with Crippen molar-refractivity contribution in [3.63, 3.8) is 0 Å². The number of rotatable bonds is 11. The molecule has 0 heterocycles. The van der Waals surface area contributed by atoms with E-state index in [1.807, 2.05) is 13.0 Å². The predicted octanol–water partition coefficient (Wildman–Crippen LogP) is 6.36. The number of anilines is 1. The van der Waals surface area contributed by atoms with Gasteiger partial charge in [0.25, 0.3) is 5.91 Å². The van der Waals surface area contributed by atoms with Gasteiger partial charge < -0.3 is 25.4 Å². The topological polar surface area (TPSA) is 108 Å². The molecule has 8 nitrogen and oxygen atoms in total. The van der Waals surface area contributed by atoms with E-state index >= 15 is 0 Å². The number of hydrogen-bond acceptors (Lipinski definition) is 5. The molecule has 0 bridgehead atoms. The van der Waals surface area contributed by atoms with E-state index in [2.05, 4.69) is 17.6 Å². The molecule has 2 aromatic carbocycles. The van der Waals surface area contributed by atoms with Gasteiger partial charge in [-0.1, -0.05) is 62.1 Å². The van der Waals surface area contributed by atoms with Crippen molar-refractivity contribution in [3.8, 4) is 5.75 Å². The fraction of sp³-hybridized carbons (Fsp3) is 0.483. The summed E-state index contributed by atoms with van der Waals surface area (Å²) in [4.78, 5) is 41.5. The second kappa shape index (κ2) is 14.0. The number of carbonyl (C=O) groups is 3. The van der Waals surface area contributed by atoms with Crippen LogP contribution in [0.15, 0.2) is 42.5 Å². The number of phenolic OH excluding ortho intramolecular Hbond substituents is 1. The molecule has 2 atom stereocenters. The molecule has 9 heteroatoms. The summed E-state index contributed by atoms with van der Waals surface area (Å²) in [7, 11) is 0. The number of nitrogens with zero attached hydrogens (tertiary/aromatic N) is 1. The van der Waals surface area contributed by atoms with Gasteiger partial charge in [0.2, 0.25) is 5.91 Å². The molecule has 0 aliphatic heterocycles. The number of aryl methyl sites for hydroxylation is 1. The lowest BCUT2D eigenvalue weighted by Gasteiger charge is -2.34. The Morgan fingerprint density at radius 2 is 1.71 bits per heavy atom. The van der Waals surface area contributed by atoms with Gasteiger partial charge in [0.1, 0.15) is 23.4 Å².